The van der Waals surface area contributed by atoms with Crippen molar-refractivity contribution in [3.05, 3.63) is 42.5 Å². The van der Waals surface area contributed by atoms with E-state index in [0.717, 1.165) is 23.1 Å². The summed E-state index contributed by atoms with van der Waals surface area (Å²) in [6.45, 7) is 0. The summed E-state index contributed by atoms with van der Waals surface area (Å²) in [5.41, 5.74) is 1.32. The van der Waals surface area contributed by atoms with Gasteiger partial charge in [0.2, 0.25) is 11.8 Å². The highest BCUT2D eigenvalue weighted by Crippen LogP contribution is 2.29. The van der Waals surface area contributed by atoms with Gasteiger partial charge in [-0.2, -0.15) is 0 Å². The van der Waals surface area contributed by atoms with Crippen LogP contribution >= 0.6 is 11.8 Å². The number of benzene rings is 2. The van der Waals surface area contributed by atoms with Crippen molar-refractivity contribution in [1.82, 2.24) is 10.2 Å². The van der Waals surface area contributed by atoms with Crippen LogP contribution < -0.4 is 19.5 Å². The van der Waals surface area contributed by atoms with Crippen LogP contribution in [0.4, 0.5) is 5.69 Å². The molecule has 1 aromatic heterocycles. The van der Waals surface area contributed by atoms with Crippen LogP contribution in [0.3, 0.4) is 0 Å². The van der Waals surface area contributed by atoms with Crippen LogP contribution in [0.1, 0.15) is 0 Å². The number of hydrogen-bond donors (Lipinski definition) is 1. The predicted molar refractivity (Wildman–Crippen MR) is 105 cm³/mol. The predicted octanol–water partition coefficient (Wildman–Crippen LogP) is 3.49. The molecule has 0 radical (unpaired) electrons. The van der Waals surface area contributed by atoms with Crippen molar-refractivity contribution in [1.29, 1.82) is 0 Å². The smallest absolute Gasteiger partial charge is 0.277 e. The number of anilines is 1. The topological polar surface area (TPSA) is 95.7 Å². The number of rotatable bonds is 8. The van der Waals surface area contributed by atoms with Crippen molar-refractivity contribution in [2.24, 2.45) is 0 Å². The Balaban J connectivity index is 1.58. The zero-order chi connectivity index (χ0) is 19.9. The molecule has 3 rings (SSSR count). The van der Waals surface area contributed by atoms with Crippen molar-refractivity contribution in [3.8, 4) is 28.7 Å². The SMILES string of the molecule is COc1ccc(-c2nnc(SCC(=O)Nc3ccc(OC)cc3OC)o2)cc1. The second-order valence-electron chi connectivity index (χ2n) is 5.50. The van der Waals surface area contributed by atoms with Crippen LogP contribution in [0, 0.1) is 0 Å². The van der Waals surface area contributed by atoms with Crippen LogP contribution in [0.2, 0.25) is 0 Å². The number of hydrogen-bond acceptors (Lipinski definition) is 8. The normalized spacial score (nSPS) is 10.4. The van der Waals surface area contributed by atoms with Crippen molar-refractivity contribution in [3.63, 3.8) is 0 Å². The van der Waals surface area contributed by atoms with E-state index >= 15 is 0 Å². The van der Waals surface area contributed by atoms with Gasteiger partial charge in [-0.1, -0.05) is 11.8 Å². The van der Waals surface area contributed by atoms with Crippen molar-refractivity contribution >= 4 is 23.4 Å². The van der Waals surface area contributed by atoms with E-state index in [1.807, 2.05) is 24.3 Å². The number of methoxy groups -OCH3 is 3. The van der Waals surface area contributed by atoms with Crippen LogP contribution in [0.15, 0.2) is 52.1 Å². The third-order valence-electron chi connectivity index (χ3n) is 3.75. The average Bonchev–Trinajstić information content (AvgIpc) is 3.21. The van der Waals surface area contributed by atoms with Gasteiger partial charge in [0, 0.05) is 11.6 Å². The van der Waals surface area contributed by atoms with Gasteiger partial charge in [-0.15, -0.1) is 10.2 Å². The lowest BCUT2D eigenvalue weighted by molar-refractivity contribution is -0.113. The molecular weight excluding hydrogens is 382 g/mol. The van der Waals surface area contributed by atoms with Gasteiger partial charge in [0.05, 0.1) is 32.8 Å². The van der Waals surface area contributed by atoms with Gasteiger partial charge in [-0.05, 0) is 36.4 Å². The van der Waals surface area contributed by atoms with Crippen molar-refractivity contribution in [2.75, 3.05) is 32.4 Å². The lowest BCUT2D eigenvalue weighted by Crippen LogP contribution is -2.14. The van der Waals surface area contributed by atoms with Gasteiger partial charge in [0.25, 0.3) is 5.22 Å². The maximum absolute atomic E-state index is 12.2. The van der Waals surface area contributed by atoms with E-state index in [9.17, 15) is 4.79 Å². The van der Waals surface area contributed by atoms with Gasteiger partial charge < -0.3 is 23.9 Å². The molecule has 0 saturated heterocycles. The van der Waals surface area contributed by atoms with Crippen LogP contribution in [0.25, 0.3) is 11.5 Å². The highest BCUT2D eigenvalue weighted by atomic mass is 32.2. The van der Waals surface area contributed by atoms with Gasteiger partial charge in [-0.25, -0.2) is 0 Å². The molecule has 0 fully saturated rings. The first kappa shape index (κ1) is 19.6. The average molecular weight is 401 g/mol. The summed E-state index contributed by atoms with van der Waals surface area (Å²) in [5, 5.41) is 11.1. The minimum Gasteiger partial charge on any atom is -0.497 e. The minimum absolute atomic E-state index is 0.111. The highest BCUT2D eigenvalue weighted by molar-refractivity contribution is 7.99. The fraction of sp³-hybridized carbons (Fsp3) is 0.211. The number of carbonyl (C=O) groups is 1. The van der Waals surface area contributed by atoms with E-state index in [4.69, 9.17) is 18.6 Å². The fourth-order valence-electron chi connectivity index (χ4n) is 2.33. The Kier molecular flexibility index (Phi) is 6.38. The van der Waals surface area contributed by atoms with E-state index in [2.05, 4.69) is 15.5 Å². The van der Waals surface area contributed by atoms with Crippen LogP contribution in [-0.4, -0.2) is 43.2 Å². The molecule has 0 unspecified atom stereocenters. The van der Waals surface area contributed by atoms with E-state index in [-0.39, 0.29) is 11.7 Å². The summed E-state index contributed by atoms with van der Waals surface area (Å²) in [4.78, 5) is 12.2. The second kappa shape index (κ2) is 9.14. The molecule has 0 spiro atoms. The molecule has 2 aromatic carbocycles. The van der Waals surface area contributed by atoms with E-state index in [1.54, 1.807) is 32.4 Å². The summed E-state index contributed by atoms with van der Waals surface area (Å²) in [7, 11) is 4.69. The molecule has 1 heterocycles. The van der Waals surface area contributed by atoms with Gasteiger partial charge in [-0.3, -0.25) is 4.79 Å². The quantitative estimate of drug-likeness (QED) is 0.573. The third kappa shape index (κ3) is 4.74. The molecule has 0 saturated carbocycles. The van der Waals surface area contributed by atoms with Gasteiger partial charge >= 0.3 is 0 Å². The van der Waals surface area contributed by atoms with E-state index < -0.39 is 0 Å². The standard InChI is InChI=1S/C19H19N3O5S/c1-24-13-6-4-12(5-7-13)18-21-22-19(27-18)28-11-17(23)20-15-9-8-14(25-2)10-16(15)26-3/h4-10H,11H2,1-3H3,(H,20,23). The Morgan fingerprint density at radius 2 is 1.71 bits per heavy atom. The molecule has 0 aliphatic carbocycles. The van der Waals surface area contributed by atoms with E-state index in [0.29, 0.717) is 28.3 Å². The van der Waals surface area contributed by atoms with Gasteiger partial charge in [0.15, 0.2) is 0 Å². The third-order valence-corrected chi connectivity index (χ3v) is 4.57. The summed E-state index contributed by atoms with van der Waals surface area (Å²) < 4.78 is 21.1. The van der Waals surface area contributed by atoms with Crippen LogP contribution in [-0.2, 0) is 4.79 Å². The Hall–Kier alpha value is -3.20. The minimum atomic E-state index is -0.224. The Bertz CT molecular complexity index is 943. The number of aromatic nitrogens is 2. The van der Waals surface area contributed by atoms with Gasteiger partial charge in [0.1, 0.15) is 17.2 Å². The maximum atomic E-state index is 12.2. The largest absolute Gasteiger partial charge is 0.497 e. The number of ether oxygens (including phenoxy) is 3. The molecule has 146 valence electrons. The first-order valence-corrected chi connectivity index (χ1v) is 9.24. The molecule has 3 aromatic rings. The molecule has 28 heavy (non-hydrogen) atoms. The summed E-state index contributed by atoms with van der Waals surface area (Å²) >= 11 is 1.15. The molecule has 0 aliphatic heterocycles. The number of thioether (sulfide) groups is 1. The summed E-state index contributed by atoms with van der Waals surface area (Å²) in [5.74, 6) is 2.15. The highest BCUT2D eigenvalue weighted by Gasteiger charge is 2.13. The Labute approximate surface area is 166 Å². The zero-order valence-electron chi connectivity index (χ0n) is 15.6. The second-order valence-corrected chi connectivity index (χ2v) is 6.43. The van der Waals surface area contributed by atoms with Crippen molar-refractivity contribution in [2.45, 2.75) is 5.22 Å². The lowest BCUT2D eigenvalue weighted by Gasteiger charge is -2.11. The van der Waals surface area contributed by atoms with Crippen LogP contribution in [0.5, 0.6) is 17.2 Å². The molecule has 8 nitrogen and oxygen atoms in total. The maximum Gasteiger partial charge on any atom is 0.277 e. The molecule has 9 heteroatoms. The summed E-state index contributed by atoms with van der Waals surface area (Å²) in [6.07, 6.45) is 0. The summed E-state index contributed by atoms with van der Waals surface area (Å²) in [6, 6.07) is 12.4. The first-order chi connectivity index (χ1) is 13.6. The zero-order valence-corrected chi connectivity index (χ0v) is 16.4. The molecule has 0 atom stereocenters. The molecule has 1 amide bonds. The number of nitrogens with one attached hydrogen (secondary N) is 1. The molecule has 1 N–H and O–H groups in total. The number of carbonyl (C=O) groups excluding carboxylic acids is 1. The monoisotopic (exact) mass is 401 g/mol. The molecular formula is C19H19N3O5S. The number of nitrogens with zero attached hydrogens (tertiary/aromatic N) is 2. The van der Waals surface area contributed by atoms with E-state index in [1.165, 1.54) is 7.11 Å². The first-order valence-electron chi connectivity index (χ1n) is 8.25. The number of amides is 1. The fourth-order valence-corrected chi connectivity index (χ4v) is 2.90. The Morgan fingerprint density at radius 3 is 2.39 bits per heavy atom. The lowest BCUT2D eigenvalue weighted by atomic mass is 10.2. The Morgan fingerprint density at radius 1 is 1.00 bits per heavy atom. The van der Waals surface area contributed by atoms with Crippen molar-refractivity contribution < 1.29 is 23.4 Å². The molecule has 0 bridgehead atoms. The molecule has 0 aliphatic rings.